The van der Waals surface area contributed by atoms with Crippen LogP contribution in [-0.2, 0) is 10.4 Å². The quantitative estimate of drug-likeness (QED) is 0.864. The van der Waals surface area contributed by atoms with Crippen LogP contribution in [0.2, 0.25) is 0 Å². The number of hydrogen-bond acceptors (Lipinski definition) is 4. The molecule has 0 saturated heterocycles. The number of aliphatic carboxylic acids is 1. The molecule has 1 aromatic carbocycles. The Bertz CT molecular complexity index is 495. The van der Waals surface area contributed by atoms with E-state index in [4.69, 9.17) is 9.47 Å². The van der Waals surface area contributed by atoms with E-state index in [-0.39, 0.29) is 0 Å². The van der Waals surface area contributed by atoms with Gasteiger partial charge < -0.3 is 19.7 Å². The molecule has 0 amide bonds. The molecule has 0 radical (unpaired) electrons. The zero-order valence-corrected chi connectivity index (χ0v) is 11.8. The summed E-state index contributed by atoms with van der Waals surface area (Å²) < 4.78 is 10.9. The fourth-order valence-corrected chi connectivity index (χ4v) is 2.49. The lowest BCUT2D eigenvalue weighted by atomic mass is 9.80. The molecule has 2 N–H and O–H groups in total. The molecule has 1 aliphatic heterocycles. The van der Waals surface area contributed by atoms with E-state index in [1.165, 1.54) is 6.92 Å². The number of fused-ring (bicyclic) bond motifs is 1. The van der Waals surface area contributed by atoms with Gasteiger partial charge in [0, 0.05) is 0 Å². The van der Waals surface area contributed by atoms with Gasteiger partial charge in [0.2, 0.25) is 0 Å². The molecule has 0 aliphatic carbocycles. The first-order valence-corrected chi connectivity index (χ1v) is 6.82. The molecule has 5 heteroatoms. The van der Waals surface area contributed by atoms with E-state index >= 15 is 0 Å². The van der Waals surface area contributed by atoms with Crippen molar-refractivity contribution in [3.8, 4) is 11.5 Å². The second kappa shape index (κ2) is 5.71. The monoisotopic (exact) mass is 280 g/mol. The molecule has 20 heavy (non-hydrogen) atoms. The minimum absolute atomic E-state index is 0.413. The molecule has 1 heterocycles. The van der Waals surface area contributed by atoms with Gasteiger partial charge in [0.05, 0.1) is 5.92 Å². The third kappa shape index (κ3) is 2.72. The van der Waals surface area contributed by atoms with E-state index < -0.39 is 17.5 Å². The number of rotatable bonds is 5. The van der Waals surface area contributed by atoms with Crippen LogP contribution in [-0.4, -0.2) is 29.4 Å². The highest BCUT2D eigenvalue weighted by atomic mass is 16.6. The van der Waals surface area contributed by atoms with Crippen LogP contribution < -0.4 is 9.47 Å². The maximum atomic E-state index is 11.4. The number of carbonyl (C=O) groups is 1. The molecule has 5 nitrogen and oxygen atoms in total. The molecule has 0 aromatic heterocycles. The van der Waals surface area contributed by atoms with E-state index in [2.05, 4.69) is 0 Å². The topological polar surface area (TPSA) is 76.0 Å². The summed E-state index contributed by atoms with van der Waals surface area (Å²) in [5.41, 5.74) is -0.917. The van der Waals surface area contributed by atoms with Gasteiger partial charge in [0.1, 0.15) is 18.8 Å². The molecule has 0 fully saturated rings. The summed E-state index contributed by atoms with van der Waals surface area (Å²) >= 11 is 0. The first-order chi connectivity index (χ1) is 9.46. The molecular weight excluding hydrogens is 260 g/mol. The van der Waals surface area contributed by atoms with Gasteiger partial charge in [-0.2, -0.15) is 0 Å². The van der Waals surface area contributed by atoms with Crippen LogP contribution in [0.15, 0.2) is 18.2 Å². The highest BCUT2D eigenvalue weighted by Gasteiger charge is 2.38. The van der Waals surface area contributed by atoms with Gasteiger partial charge in [-0.3, -0.25) is 4.79 Å². The molecule has 2 unspecified atom stereocenters. The Morgan fingerprint density at radius 2 is 2.00 bits per heavy atom. The molecule has 0 bridgehead atoms. The van der Waals surface area contributed by atoms with Crippen molar-refractivity contribution < 1.29 is 24.5 Å². The Kier molecular flexibility index (Phi) is 4.18. The van der Waals surface area contributed by atoms with E-state index in [0.717, 1.165) is 0 Å². The molecule has 0 saturated carbocycles. The number of carboxylic acids is 1. The predicted octanol–water partition coefficient (Wildman–Crippen LogP) is 2.17. The summed E-state index contributed by atoms with van der Waals surface area (Å²) in [6.07, 6.45) is 1.11. The van der Waals surface area contributed by atoms with E-state index in [9.17, 15) is 15.0 Å². The highest BCUT2D eigenvalue weighted by Crippen LogP contribution is 2.38. The van der Waals surface area contributed by atoms with Crippen LogP contribution in [0, 0.1) is 5.92 Å². The van der Waals surface area contributed by atoms with Crippen molar-refractivity contribution in [1.29, 1.82) is 0 Å². The Hall–Kier alpha value is -1.75. The van der Waals surface area contributed by atoms with E-state index in [0.29, 0.717) is 43.1 Å². The standard InChI is InChI=1S/C15H20O5/c1-3-4-11(14(16)17)15(2,18)10-5-6-12-13(9-10)20-8-7-19-12/h5-6,9,11,18H,3-4,7-8H2,1-2H3,(H,16,17). The van der Waals surface area contributed by atoms with Gasteiger partial charge in [-0.1, -0.05) is 19.4 Å². The van der Waals surface area contributed by atoms with Gasteiger partial charge in [-0.05, 0) is 31.0 Å². The van der Waals surface area contributed by atoms with Gasteiger partial charge >= 0.3 is 5.97 Å². The molecular formula is C15H20O5. The van der Waals surface area contributed by atoms with Gasteiger partial charge in [-0.25, -0.2) is 0 Å². The summed E-state index contributed by atoms with van der Waals surface area (Å²) in [5.74, 6) is -0.672. The lowest BCUT2D eigenvalue weighted by Gasteiger charge is -2.31. The Labute approximate surface area is 118 Å². The van der Waals surface area contributed by atoms with Crippen molar-refractivity contribution >= 4 is 5.97 Å². The third-order valence-electron chi connectivity index (χ3n) is 3.68. The Morgan fingerprint density at radius 3 is 2.60 bits per heavy atom. The van der Waals surface area contributed by atoms with Crippen LogP contribution in [0.25, 0.3) is 0 Å². The summed E-state index contributed by atoms with van der Waals surface area (Å²) in [4.78, 5) is 11.4. The summed E-state index contributed by atoms with van der Waals surface area (Å²) in [6.45, 7) is 4.38. The number of aliphatic hydroxyl groups is 1. The van der Waals surface area contributed by atoms with Crippen molar-refractivity contribution in [2.24, 2.45) is 5.92 Å². The molecule has 0 spiro atoms. The smallest absolute Gasteiger partial charge is 0.309 e. The number of benzene rings is 1. The van der Waals surface area contributed by atoms with Crippen LogP contribution in [0.5, 0.6) is 11.5 Å². The first kappa shape index (κ1) is 14.7. The third-order valence-corrected chi connectivity index (χ3v) is 3.68. The first-order valence-electron chi connectivity index (χ1n) is 6.82. The fourth-order valence-electron chi connectivity index (χ4n) is 2.49. The van der Waals surface area contributed by atoms with Gasteiger partial charge in [-0.15, -0.1) is 0 Å². The average molecular weight is 280 g/mol. The van der Waals surface area contributed by atoms with Crippen molar-refractivity contribution in [3.05, 3.63) is 23.8 Å². The minimum atomic E-state index is -1.45. The normalized spacial score (nSPS) is 18.1. The van der Waals surface area contributed by atoms with Crippen LogP contribution in [0.3, 0.4) is 0 Å². The number of hydrogen-bond donors (Lipinski definition) is 2. The fraction of sp³-hybridized carbons (Fsp3) is 0.533. The lowest BCUT2D eigenvalue weighted by Crippen LogP contribution is -2.37. The van der Waals surface area contributed by atoms with Crippen molar-refractivity contribution in [1.82, 2.24) is 0 Å². The van der Waals surface area contributed by atoms with Crippen molar-refractivity contribution in [3.63, 3.8) is 0 Å². The van der Waals surface area contributed by atoms with Crippen LogP contribution in [0.4, 0.5) is 0 Å². The van der Waals surface area contributed by atoms with Gasteiger partial charge in [0.15, 0.2) is 11.5 Å². The molecule has 2 atom stereocenters. The summed E-state index contributed by atoms with van der Waals surface area (Å²) in [5, 5.41) is 20.0. The average Bonchev–Trinajstić information content (AvgIpc) is 2.43. The second-order valence-electron chi connectivity index (χ2n) is 5.19. The van der Waals surface area contributed by atoms with Gasteiger partial charge in [0.25, 0.3) is 0 Å². The van der Waals surface area contributed by atoms with E-state index in [1.807, 2.05) is 6.92 Å². The molecule has 1 aromatic rings. The molecule has 1 aliphatic rings. The van der Waals surface area contributed by atoms with Crippen molar-refractivity contribution in [2.45, 2.75) is 32.3 Å². The lowest BCUT2D eigenvalue weighted by molar-refractivity contribution is -0.152. The maximum absolute atomic E-state index is 11.4. The summed E-state index contributed by atoms with van der Waals surface area (Å²) in [6, 6.07) is 5.07. The van der Waals surface area contributed by atoms with Crippen LogP contribution in [0.1, 0.15) is 32.3 Å². The van der Waals surface area contributed by atoms with E-state index in [1.54, 1.807) is 18.2 Å². The minimum Gasteiger partial charge on any atom is -0.486 e. The number of ether oxygens (including phenoxy) is 2. The zero-order chi connectivity index (χ0) is 14.8. The second-order valence-corrected chi connectivity index (χ2v) is 5.19. The predicted molar refractivity (Wildman–Crippen MR) is 73.0 cm³/mol. The van der Waals surface area contributed by atoms with Crippen molar-refractivity contribution in [2.75, 3.05) is 13.2 Å². The zero-order valence-electron chi connectivity index (χ0n) is 11.8. The molecule has 2 rings (SSSR count). The largest absolute Gasteiger partial charge is 0.486 e. The maximum Gasteiger partial charge on any atom is 0.309 e. The Morgan fingerprint density at radius 1 is 1.35 bits per heavy atom. The Balaban J connectivity index is 2.34. The number of carboxylic acid groups (broad SMARTS) is 1. The van der Waals surface area contributed by atoms with Crippen LogP contribution >= 0.6 is 0 Å². The SMILES string of the molecule is CCCC(C(=O)O)C(C)(O)c1ccc2c(c1)OCCO2. The highest BCUT2D eigenvalue weighted by molar-refractivity contribution is 5.72. The summed E-state index contributed by atoms with van der Waals surface area (Å²) in [7, 11) is 0. The molecule has 110 valence electrons.